The van der Waals surface area contributed by atoms with E-state index in [2.05, 4.69) is 41.9 Å². The Bertz CT molecular complexity index is 1860. The third-order valence-electron chi connectivity index (χ3n) is 9.63. The first-order valence-corrected chi connectivity index (χ1v) is 19.4. The second kappa shape index (κ2) is 24.0. The molecule has 16 N–H and O–H groups in total. The predicted molar refractivity (Wildman–Crippen MR) is 218 cm³/mol. The molecule has 8 atom stereocenters. The number of carbonyl (C=O) groups is 8. The lowest BCUT2D eigenvalue weighted by Gasteiger charge is -2.29. The Hall–Kier alpha value is -6.29. The highest BCUT2D eigenvalue weighted by Crippen LogP contribution is 2.20. The zero-order chi connectivity index (χ0) is 45.3. The van der Waals surface area contributed by atoms with Crippen LogP contribution in [0.4, 0.5) is 0 Å². The van der Waals surface area contributed by atoms with Gasteiger partial charge in [0.1, 0.15) is 36.3 Å². The lowest BCUT2D eigenvalue weighted by molar-refractivity contribution is -0.143. The van der Waals surface area contributed by atoms with Crippen LogP contribution in [0, 0.1) is 11.8 Å². The van der Waals surface area contributed by atoms with Crippen molar-refractivity contribution < 1.29 is 53.7 Å². The van der Waals surface area contributed by atoms with Gasteiger partial charge in [-0.25, -0.2) is 4.79 Å². The van der Waals surface area contributed by atoms with E-state index in [-0.39, 0.29) is 31.8 Å². The van der Waals surface area contributed by atoms with Gasteiger partial charge in [-0.1, -0.05) is 52.3 Å². The maximum atomic E-state index is 13.8. The van der Waals surface area contributed by atoms with Crippen molar-refractivity contribution in [1.82, 2.24) is 36.9 Å². The molecule has 0 unspecified atom stereocenters. The van der Waals surface area contributed by atoms with Crippen molar-refractivity contribution in [3.8, 4) is 0 Å². The zero-order valence-electron chi connectivity index (χ0n) is 34.3. The number of hydrogen-bond acceptors (Lipinski definition) is 11. The minimum absolute atomic E-state index is 0.0372. The predicted octanol–water partition coefficient (Wildman–Crippen LogP) is -2.73. The van der Waals surface area contributed by atoms with Gasteiger partial charge < -0.3 is 69.4 Å². The number of para-hydroxylation sites is 1. The molecular weight excluding hydrogens is 786 g/mol. The molecule has 332 valence electrons. The zero-order valence-corrected chi connectivity index (χ0v) is 34.3. The fourth-order valence-electron chi connectivity index (χ4n) is 5.92. The molecule has 0 saturated heterocycles. The van der Waals surface area contributed by atoms with Crippen LogP contribution in [0.3, 0.4) is 0 Å². The fourth-order valence-corrected chi connectivity index (χ4v) is 5.92. The standard InChI is InChI=1S/C38H59N11O11/c1-6-19(4)30(49-33(55)25(12-9-13-42-38(40)41)45-35(57)27(17-50)47-32(54)23(39)15-28(51)52)36(58)44-20(5)31(53)46-26(34(56)48-29(18(2)3)37(59)60)14-21-16-43-24-11-8-7-10-22(21)24/h7-8,10-11,16,18-20,23,25-27,29-30,43,50H,6,9,12-15,17,39H2,1-5H3,(H,44,58)(H,45,57)(H,46,53)(H,47,54)(H,48,56)(H,49,55)(H,51,52)(H,59,60)(H4,40,41,42)/t19-,20-,23-,25-,26-,27-,29-,30-/m0/s1. The molecule has 0 aliphatic rings. The maximum Gasteiger partial charge on any atom is 0.326 e. The highest BCUT2D eigenvalue weighted by atomic mass is 16.4. The van der Waals surface area contributed by atoms with Gasteiger partial charge in [0, 0.05) is 30.1 Å². The summed E-state index contributed by atoms with van der Waals surface area (Å²) in [6.45, 7) is 7.11. The van der Waals surface area contributed by atoms with Gasteiger partial charge in [0.25, 0.3) is 0 Å². The van der Waals surface area contributed by atoms with Crippen LogP contribution >= 0.6 is 0 Å². The van der Waals surface area contributed by atoms with E-state index < -0.39 is 115 Å². The van der Waals surface area contributed by atoms with Crippen molar-refractivity contribution >= 4 is 64.2 Å². The topological polar surface area (TPSA) is 376 Å². The molecule has 0 bridgehead atoms. The number of amides is 6. The lowest BCUT2D eigenvalue weighted by atomic mass is 9.97. The second-order valence-electron chi connectivity index (χ2n) is 14.8. The largest absolute Gasteiger partial charge is 0.481 e. The molecule has 0 spiro atoms. The minimum atomic E-state index is -1.64. The highest BCUT2D eigenvalue weighted by Gasteiger charge is 2.35. The van der Waals surface area contributed by atoms with Crippen LogP contribution in [0.15, 0.2) is 35.5 Å². The number of nitrogens with zero attached hydrogens (tertiary/aromatic N) is 1. The van der Waals surface area contributed by atoms with Crippen LogP contribution in [-0.2, 0) is 44.8 Å². The third-order valence-corrected chi connectivity index (χ3v) is 9.63. The summed E-state index contributed by atoms with van der Waals surface area (Å²) in [5.41, 5.74) is 17.8. The summed E-state index contributed by atoms with van der Waals surface area (Å²) in [5.74, 6) is -9.16. The molecule has 60 heavy (non-hydrogen) atoms. The Kier molecular flexibility index (Phi) is 19.9. The summed E-state index contributed by atoms with van der Waals surface area (Å²) in [7, 11) is 0. The monoisotopic (exact) mass is 845 g/mol. The van der Waals surface area contributed by atoms with Crippen molar-refractivity contribution in [3.05, 3.63) is 36.0 Å². The molecule has 0 fully saturated rings. The van der Waals surface area contributed by atoms with E-state index >= 15 is 0 Å². The smallest absolute Gasteiger partial charge is 0.326 e. The van der Waals surface area contributed by atoms with Gasteiger partial charge in [-0.15, -0.1) is 0 Å². The molecule has 22 heteroatoms. The summed E-state index contributed by atoms with van der Waals surface area (Å²) in [4.78, 5) is 110. The highest BCUT2D eigenvalue weighted by molar-refractivity contribution is 5.97. The average Bonchev–Trinajstić information content (AvgIpc) is 3.59. The van der Waals surface area contributed by atoms with E-state index in [9.17, 15) is 48.6 Å². The summed E-state index contributed by atoms with van der Waals surface area (Å²) < 4.78 is 0. The van der Waals surface area contributed by atoms with Gasteiger partial charge in [-0.05, 0) is 43.2 Å². The fraction of sp³-hybridized carbons (Fsp3) is 0.553. The van der Waals surface area contributed by atoms with Crippen molar-refractivity contribution in [2.75, 3.05) is 13.2 Å². The number of aliphatic imine (C=N–C) groups is 1. The van der Waals surface area contributed by atoms with Crippen molar-refractivity contribution in [2.45, 2.75) is 109 Å². The Morgan fingerprint density at radius 2 is 1.33 bits per heavy atom. The number of nitrogens with one attached hydrogen (secondary N) is 7. The van der Waals surface area contributed by atoms with Crippen LogP contribution in [0.25, 0.3) is 10.9 Å². The summed E-state index contributed by atoms with van der Waals surface area (Å²) in [6.07, 6.45) is 1.30. The van der Waals surface area contributed by atoms with E-state index in [1.807, 2.05) is 18.2 Å². The van der Waals surface area contributed by atoms with E-state index in [1.165, 1.54) is 6.92 Å². The van der Waals surface area contributed by atoms with Crippen LogP contribution in [-0.4, -0.2) is 129 Å². The van der Waals surface area contributed by atoms with Gasteiger partial charge in [0.05, 0.1) is 19.1 Å². The van der Waals surface area contributed by atoms with E-state index in [1.54, 1.807) is 40.0 Å². The number of aliphatic carboxylic acids is 2. The van der Waals surface area contributed by atoms with Gasteiger partial charge in [0.15, 0.2) is 5.96 Å². The van der Waals surface area contributed by atoms with Gasteiger partial charge in [0.2, 0.25) is 35.4 Å². The number of guanidine groups is 1. The number of benzene rings is 1. The molecule has 1 heterocycles. The van der Waals surface area contributed by atoms with Crippen molar-refractivity contribution in [1.29, 1.82) is 0 Å². The van der Waals surface area contributed by atoms with Crippen LogP contribution < -0.4 is 49.1 Å². The molecule has 6 amide bonds. The SMILES string of the molecule is CC[C@H](C)[C@H](NC(=O)[C@H](CCCN=C(N)N)NC(=O)[C@H](CO)NC(=O)[C@@H](N)CC(=O)O)C(=O)N[C@@H](C)C(=O)N[C@@H](Cc1c[nH]c2ccccc12)C(=O)N[C@H](C(=O)O)C(C)C. The quantitative estimate of drug-likeness (QED) is 0.0274. The first kappa shape index (κ1) is 49.9. The number of aromatic nitrogens is 1. The van der Waals surface area contributed by atoms with E-state index in [4.69, 9.17) is 22.3 Å². The number of hydrogen-bond donors (Lipinski definition) is 13. The summed E-state index contributed by atoms with van der Waals surface area (Å²) in [5, 5.41) is 44.1. The van der Waals surface area contributed by atoms with E-state index in [0.717, 1.165) is 10.9 Å². The molecule has 22 nitrogen and oxygen atoms in total. The molecule has 1 aromatic heterocycles. The molecule has 0 saturated carbocycles. The van der Waals surface area contributed by atoms with Gasteiger partial charge >= 0.3 is 11.9 Å². The molecule has 1 aromatic carbocycles. The Morgan fingerprint density at radius 3 is 1.92 bits per heavy atom. The molecular formula is C38H59N11O11. The minimum Gasteiger partial charge on any atom is -0.481 e. The molecule has 0 radical (unpaired) electrons. The lowest BCUT2D eigenvalue weighted by Crippen LogP contribution is -2.61. The number of aliphatic hydroxyl groups is 1. The second-order valence-corrected chi connectivity index (χ2v) is 14.8. The number of carboxylic acids is 2. The number of aliphatic hydroxyl groups excluding tert-OH is 1. The number of fused-ring (bicyclic) bond motifs is 1. The molecule has 0 aliphatic heterocycles. The number of rotatable bonds is 25. The van der Waals surface area contributed by atoms with Crippen LogP contribution in [0.1, 0.15) is 65.9 Å². The third kappa shape index (κ3) is 15.5. The average molecular weight is 846 g/mol. The molecule has 2 aromatic rings. The first-order chi connectivity index (χ1) is 28.2. The van der Waals surface area contributed by atoms with Gasteiger partial charge in [-0.2, -0.15) is 0 Å². The molecule has 0 aliphatic carbocycles. The Balaban J connectivity index is 2.30. The van der Waals surface area contributed by atoms with Crippen molar-refractivity contribution in [2.24, 2.45) is 34.0 Å². The number of nitrogens with two attached hydrogens (primary N) is 3. The van der Waals surface area contributed by atoms with Crippen LogP contribution in [0.2, 0.25) is 0 Å². The number of H-pyrrole nitrogens is 1. The molecule has 2 rings (SSSR count). The Morgan fingerprint density at radius 1 is 0.750 bits per heavy atom. The summed E-state index contributed by atoms with van der Waals surface area (Å²) >= 11 is 0. The Labute approximate surface area is 346 Å². The number of carboxylic acid groups (broad SMARTS) is 2. The maximum absolute atomic E-state index is 13.8. The first-order valence-electron chi connectivity index (χ1n) is 19.4. The van der Waals surface area contributed by atoms with E-state index in [0.29, 0.717) is 12.0 Å². The summed E-state index contributed by atoms with van der Waals surface area (Å²) in [6, 6.07) is -2.38. The number of aromatic amines is 1. The normalized spacial score (nSPS) is 15.1. The van der Waals surface area contributed by atoms with Crippen LogP contribution in [0.5, 0.6) is 0 Å². The van der Waals surface area contributed by atoms with Gasteiger partial charge in [-0.3, -0.25) is 38.6 Å². The number of carbonyl (C=O) groups excluding carboxylic acids is 6. The van der Waals surface area contributed by atoms with Crippen molar-refractivity contribution in [3.63, 3.8) is 0 Å².